The van der Waals surface area contributed by atoms with Gasteiger partial charge in [-0.2, -0.15) is 0 Å². The molecule has 176 valence electrons. The summed E-state index contributed by atoms with van der Waals surface area (Å²) in [6.07, 6.45) is 2.95. The number of likely N-dealkylation sites (tertiary alicyclic amines) is 1. The molecule has 1 aliphatic rings. The van der Waals surface area contributed by atoms with E-state index < -0.39 is 4.75 Å². The molecule has 5 heteroatoms. The maximum Gasteiger partial charge on any atom is 0.410 e. The number of nitrogens with zero attached hydrogens (tertiary/aromatic N) is 1. The molecule has 3 aromatic rings. The average molecular weight is 473 g/mol. The Hall–Kier alpha value is -3.02. The van der Waals surface area contributed by atoms with Gasteiger partial charge in [0.05, 0.1) is 4.75 Å². The average Bonchev–Trinajstić information content (AvgIpc) is 3.30. The van der Waals surface area contributed by atoms with Gasteiger partial charge in [0.1, 0.15) is 6.61 Å². The molecule has 4 nitrogen and oxygen atoms in total. The molecule has 1 saturated heterocycles. The van der Waals surface area contributed by atoms with Crippen molar-refractivity contribution in [3.8, 4) is 0 Å². The highest BCUT2D eigenvalue weighted by Crippen LogP contribution is 2.52. The van der Waals surface area contributed by atoms with Gasteiger partial charge in [-0.05, 0) is 36.1 Å². The summed E-state index contributed by atoms with van der Waals surface area (Å²) < 4.78 is 4.99. The number of nitrogens with two attached hydrogens (primary N) is 1. The lowest BCUT2D eigenvalue weighted by Gasteiger charge is -2.37. The van der Waals surface area contributed by atoms with Crippen molar-refractivity contribution in [2.24, 2.45) is 5.73 Å². The zero-order valence-electron chi connectivity index (χ0n) is 19.4. The van der Waals surface area contributed by atoms with Crippen LogP contribution in [0.25, 0.3) is 0 Å². The molecular formula is C29H32N2O2S. The summed E-state index contributed by atoms with van der Waals surface area (Å²) in [4.78, 5) is 14.7. The second-order valence-corrected chi connectivity index (χ2v) is 10.0. The van der Waals surface area contributed by atoms with E-state index >= 15 is 0 Å². The van der Waals surface area contributed by atoms with E-state index in [-0.39, 0.29) is 24.0 Å². The number of benzene rings is 3. The van der Waals surface area contributed by atoms with Crippen LogP contribution in [0.3, 0.4) is 0 Å². The number of carbonyl (C=O) groups is 1. The molecule has 4 rings (SSSR count). The molecule has 34 heavy (non-hydrogen) atoms. The van der Waals surface area contributed by atoms with Gasteiger partial charge in [-0.15, -0.1) is 11.8 Å². The molecule has 0 bridgehead atoms. The molecule has 2 unspecified atom stereocenters. The molecule has 1 amide bonds. The van der Waals surface area contributed by atoms with Crippen LogP contribution in [0.4, 0.5) is 4.79 Å². The predicted octanol–water partition coefficient (Wildman–Crippen LogP) is 5.83. The highest BCUT2D eigenvalue weighted by atomic mass is 32.2. The zero-order chi connectivity index (χ0) is 23.8. The topological polar surface area (TPSA) is 55.6 Å². The molecule has 3 aromatic carbocycles. The Labute approximate surface area is 206 Å². The number of carbonyl (C=O) groups excluding carboxylic acids is 1. The van der Waals surface area contributed by atoms with E-state index in [0.717, 1.165) is 12.8 Å². The number of hydrogen-bond donors (Lipinski definition) is 1. The summed E-state index contributed by atoms with van der Waals surface area (Å²) in [7, 11) is 0. The van der Waals surface area contributed by atoms with Gasteiger partial charge in [-0.1, -0.05) is 104 Å². The monoisotopic (exact) mass is 472 g/mol. The fraction of sp³-hybridized carbons (Fsp3) is 0.276. The first-order valence-corrected chi connectivity index (χ1v) is 12.7. The van der Waals surface area contributed by atoms with Crippen LogP contribution in [0.2, 0.25) is 0 Å². The van der Waals surface area contributed by atoms with E-state index in [1.165, 1.54) is 16.7 Å². The minimum absolute atomic E-state index is 0.0693. The highest BCUT2D eigenvalue weighted by Gasteiger charge is 2.44. The van der Waals surface area contributed by atoms with Crippen LogP contribution in [0, 0.1) is 0 Å². The van der Waals surface area contributed by atoms with Crippen LogP contribution in [0.1, 0.15) is 29.5 Å². The Morgan fingerprint density at radius 2 is 1.47 bits per heavy atom. The van der Waals surface area contributed by atoms with Gasteiger partial charge in [0.2, 0.25) is 0 Å². The lowest BCUT2D eigenvalue weighted by atomic mass is 9.84. The third-order valence-electron chi connectivity index (χ3n) is 6.32. The Morgan fingerprint density at radius 1 is 0.971 bits per heavy atom. The van der Waals surface area contributed by atoms with Crippen molar-refractivity contribution < 1.29 is 9.53 Å². The van der Waals surface area contributed by atoms with Gasteiger partial charge in [0.15, 0.2) is 0 Å². The van der Waals surface area contributed by atoms with Gasteiger partial charge in [-0.3, -0.25) is 0 Å². The van der Waals surface area contributed by atoms with Gasteiger partial charge >= 0.3 is 6.09 Å². The minimum atomic E-state index is -0.414. The van der Waals surface area contributed by atoms with Gasteiger partial charge in [0.25, 0.3) is 0 Å². The molecule has 1 fully saturated rings. The summed E-state index contributed by atoms with van der Waals surface area (Å²) in [5, 5.41) is 0.216. The second kappa shape index (κ2) is 11.4. The first-order valence-electron chi connectivity index (χ1n) is 11.8. The standard InChI is InChI=1S/C29H32N2O2S/c1-2-20-33-28(32)31-22-27(21-26(31)18-19-30)34-29(23-12-6-3-7-13-23,24-14-8-4-9-15-24)25-16-10-5-11-17-25/h2-17,26-27H,1,18-22,30H2. The molecule has 0 saturated carbocycles. The molecule has 0 aliphatic carbocycles. The summed E-state index contributed by atoms with van der Waals surface area (Å²) in [6, 6.07) is 32.0. The van der Waals surface area contributed by atoms with Crippen LogP contribution in [-0.2, 0) is 9.48 Å². The fourth-order valence-corrected chi connectivity index (χ4v) is 6.70. The van der Waals surface area contributed by atoms with Crippen molar-refractivity contribution in [3.63, 3.8) is 0 Å². The summed E-state index contributed by atoms with van der Waals surface area (Å²) >= 11 is 1.92. The third-order valence-corrected chi connectivity index (χ3v) is 8.06. The van der Waals surface area contributed by atoms with Crippen molar-refractivity contribution in [2.45, 2.75) is 28.9 Å². The van der Waals surface area contributed by atoms with E-state index in [4.69, 9.17) is 10.5 Å². The van der Waals surface area contributed by atoms with Crippen molar-refractivity contribution in [1.82, 2.24) is 4.90 Å². The molecule has 0 radical (unpaired) electrons. The van der Waals surface area contributed by atoms with Crippen LogP contribution in [0.15, 0.2) is 104 Å². The lowest BCUT2D eigenvalue weighted by molar-refractivity contribution is 0.107. The van der Waals surface area contributed by atoms with Gasteiger partial charge < -0.3 is 15.4 Å². The van der Waals surface area contributed by atoms with Gasteiger partial charge in [0, 0.05) is 17.8 Å². The van der Waals surface area contributed by atoms with E-state index in [1.807, 2.05) is 16.7 Å². The van der Waals surface area contributed by atoms with Crippen LogP contribution in [0.5, 0.6) is 0 Å². The molecule has 0 aromatic heterocycles. The van der Waals surface area contributed by atoms with Crippen molar-refractivity contribution in [3.05, 3.63) is 120 Å². The number of ether oxygens (including phenoxy) is 1. The molecule has 2 atom stereocenters. The lowest BCUT2D eigenvalue weighted by Crippen LogP contribution is -2.37. The Balaban J connectivity index is 1.76. The zero-order valence-corrected chi connectivity index (χ0v) is 20.2. The highest BCUT2D eigenvalue weighted by molar-refractivity contribution is 8.01. The first kappa shape index (κ1) is 24.1. The quantitative estimate of drug-likeness (QED) is 0.315. The predicted molar refractivity (Wildman–Crippen MR) is 141 cm³/mol. The smallest absolute Gasteiger partial charge is 0.410 e. The summed E-state index contributed by atoms with van der Waals surface area (Å²) in [5.74, 6) is 0. The summed E-state index contributed by atoms with van der Waals surface area (Å²) in [5.41, 5.74) is 9.58. The molecule has 1 aliphatic heterocycles. The minimum Gasteiger partial charge on any atom is -0.445 e. The fourth-order valence-electron chi connectivity index (χ4n) is 4.83. The van der Waals surface area contributed by atoms with Crippen molar-refractivity contribution >= 4 is 17.9 Å². The van der Waals surface area contributed by atoms with E-state index in [1.54, 1.807) is 6.08 Å². The normalized spacial score (nSPS) is 18.0. The van der Waals surface area contributed by atoms with Crippen LogP contribution in [-0.4, -0.2) is 42.0 Å². The van der Waals surface area contributed by atoms with E-state index in [0.29, 0.717) is 13.1 Å². The molecular weight excluding hydrogens is 440 g/mol. The van der Waals surface area contributed by atoms with Crippen molar-refractivity contribution in [2.75, 3.05) is 19.7 Å². The summed E-state index contributed by atoms with van der Waals surface area (Å²) in [6.45, 7) is 5.03. The SMILES string of the molecule is C=CCOC(=O)N1CC(SC(c2ccccc2)(c2ccccc2)c2ccccc2)CC1CCN. The Bertz CT molecular complexity index is 963. The molecule has 2 N–H and O–H groups in total. The van der Waals surface area contributed by atoms with Crippen LogP contribution < -0.4 is 5.73 Å². The Morgan fingerprint density at radius 3 is 1.91 bits per heavy atom. The number of amides is 1. The molecule has 0 spiro atoms. The maximum atomic E-state index is 12.8. The number of thioether (sulfide) groups is 1. The second-order valence-electron chi connectivity index (χ2n) is 8.50. The Kier molecular flexibility index (Phi) is 8.09. The first-order chi connectivity index (χ1) is 16.7. The third kappa shape index (κ3) is 5.06. The maximum absolute atomic E-state index is 12.8. The molecule has 1 heterocycles. The van der Waals surface area contributed by atoms with E-state index in [2.05, 4.69) is 97.6 Å². The van der Waals surface area contributed by atoms with E-state index in [9.17, 15) is 4.79 Å². The largest absolute Gasteiger partial charge is 0.445 e. The number of rotatable bonds is 9. The number of hydrogen-bond acceptors (Lipinski definition) is 4. The van der Waals surface area contributed by atoms with Crippen molar-refractivity contribution in [1.29, 1.82) is 0 Å². The van der Waals surface area contributed by atoms with Gasteiger partial charge in [-0.25, -0.2) is 4.79 Å². The van der Waals surface area contributed by atoms with Crippen LogP contribution >= 0.6 is 11.8 Å².